The van der Waals surface area contributed by atoms with Gasteiger partial charge in [0.1, 0.15) is 12.4 Å². The Morgan fingerprint density at radius 1 is 1.07 bits per heavy atom. The summed E-state index contributed by atoms with van der Waals surface area (Å²) in [5.41, 5.74) is 8.22. The van der Waals surface area contributed by atoms with Crippen LogP contribution in [0.2, 0.25) is 0 Å². The Morgan fingerprint density at radius 3 is 2.34 bits per heavy atom. The highest BCUT2D eigenvalue weighted by molar-refractivity contribution is 5.84. The summed E-state index contributed by atoms with van der Waals surface area (Å²) >= 11 is 0. The van der Waals surface area contributed by atoms with Crippen molar-refractivity contribution >= 4 is 17.6 Å². The molecule has 0 bridgehead atoms. The van der Waals surface area contributed by atoms with Gasteiger partial charge in [-0.2, -0.15) is 0 Å². The minimum Gasteiger partial charge on any atom is -0.370 e. The predicted molar refractivity (Wildman–Crippen MR) is 114 cm³/mol. The number of rotatable bonds is 6. The first-order valence-corrected chi connectivity index (χ1v) is 9.94. The minimum absolute atomic E-state index is 0.0377. The lowest BCUT2D eigenvalue weighted by Gasteiger charge is -2.36. The zero-order chi connectivity index (χ0) is 20.6. The van der Waals surface area contributed by atoms with Crippen LogP contribution in [0.15, 0.2) is 59.6 Å². The first-order valence-electron chi connectivity index (χ1n) is 9.94. The number of aliphatic imine (C=N–C) groups is 1. The quantitative estimate of drug-likeness (QED) is 0.600. The first-order chi connectivity index (χ1) is 14.1. The molecule has 1 saturated heterocycles. The molecule has 2 aromatic carbocycles. The van der Waals surface area contributed by atoms with Gasteiger partial charge in [-0.25, -0.2) is 9.38 Å². The maximum absolute atomic E-state index is 13.1. The van der Waals surface area contributed by atoms with Gasteiger partial charge >= 0.3 is 0 Å². The van der Waals surface area contributed by atoms with Gasteiger partial charge in [-0.05, 0) is 36.8 Å². The van der Waals surface area contributed by atoms with E-state index in [1.54, 1.807) is 17.0 Å². The molecule has 0 atom stereocenters. The van der Waals surface area contributed by atoms with E-state index < -0.39 is 0 Å². The third kappa shape index (κ3) is 5.70. The van der Waals surface area contributed by atoms with Gasteiger partial charge in [0.05, 0.1) is 0 Å². The number of hydrogen-bond acceptors (Lipinski definition) is 3. The standard InChI is InChI=1S/C22H28FN5O/c1-2-26(17-18-6-4-3-5-7-18)21(29)16-25-22(24)28-14-12-27(13-15-28)20-10-8-19(23)9-11-20/h3-11H,2,12-17H2,1H3,(H2,24,25). The van der Waals surface area contributed by atoms with E-state index >= 15 is 0 Å². The fourth-order valence-electron chi connectivity index (χ4n) is 3.37. The largest absolute Gasteiger partial charge is 0.370 e. The normalized spacial score (nSPS) is 14.8. The Morgan fingerprint density at radius 2 is 1.72 bits per heavy atom. The number of anilines is 1. The summed E-state index contributed by atoms with van der Waals surface area (Å²) in [5.74, 6) is 0.124. The van der Waals surface area contributed by atoms with Crippen molar-refractivity contribution in [2.24, 2.45) is 10.7 Å². The van der Waals surface area contributed by atoms with Gasteiger partial charge in [0.2, 0.25) is 5.91 Å². The third-order valence-corrected chi connectivity index (χ3v) is 5.12. The summed E-state index contributed by atoms with van der Waals surface area (Å²) in [6.45, 7) is 6.16. The van der Waals surface area contributed by atoms with Crippen LogP contribution in [0.4, 0.5) is 10.1 Å². The molecule has 7 heteroatoms. The van der Waals surface area contributed by atoms with Crippen LogP contribution in [0.5, 0.6) is 0 Å². The highest BCUT2D eigenvalue weighted by atomic mass is 19.1. The van der Waals surface area contributed by atoms with E-state index in [-0.39, 0.29) is 18.3 Å². The summed E-state index contributed by atoms with van der Waals surface area (Å²) in [6, 6.07) is 16.4. The van der Waals surface area contributed by atoms with Crippen LogP contribution >= 0.6 is 0 Å². The molecule has 0 saturated carbocycles. The average Bonchev–Trinajstić information content (AvgIpc) is 2.77. The number of halogens is 1. The predicted octanol–water partition coefficient (Wildman–Crippen LogP) is 2.31. The molecule has 1 heterocycles. The minimum atomic E-state index is -0.234. The van der Waals surface area contributed by atoms with E-state index in [0.717, 1.165) is 24.3 Å². The van der Waals surface area contributed by atoms with E-state index in [9.17, 15) is 9.18 Å². The van der Waals surface area contributed by atoms with Gasteiger partial charge in [-0.15, -0.1) is 0 Å². The van der Waals surface area contributed by atoms with Gasteiger partial charge in [0.25, 0.3) is 0 Å². The topological polar surface area (TPSA) is 65.2 Å². The number of guanidine groups is 1. The van der Waals surface area contributed by atoms with Crippen molar-refractivity contribution in [3.8, 4) is 0 Å². The molecule has 1 aliphatic heterocycles. The van der Waals surface area contributed by atoms with Crippen molar-refractivity contribution in [3.05, 3.63) is 66.0 Å². The monoisotopic (exact) mass is 397 g/mol. The summed E-state index contributed by atoms with van der Waals surface area (Å²) in [7, 11) is 0. The number of nitrogens with two attached hydrogens (primary N) is 1. The number of carbonyl (C=O) groups excluding carboxylic acids is 1. The maximum Gasteiger partial charge on any atom is 0.244 e. The zero-order valence-electron chi connectivity index (χ0n) is 16.8. The lowest BCUT2D eigenvalue weighted by atomic mass is 10.2. The summed E-state index contributed by atoms with van der Waals surface area (Å²) < 4.78 is 13.1. The number of piperazine rings is 1. The molecule has 0 aliphatic carbocycles. The van der Waals surface area contributed by atoms with Gasteiger partial charge in [0.15, 0.2) is 5.96 Å². The molecule has 3 rings (SSSR count). The second-order valence-electron chi connectivity index (χ2n) is 7.02. The fourth-order valence-corrected chi connectivity index (χ4v) is 3.37. The molecule has 6 nitrogen and oxygen atoms in total. The van der Waals surface area contributed by atoms with Crippen molar-refractivity contribution in [2.75, 3.05) is 44.2 Å². The molecule has 0 aromatic heterocycles. The second-order valence-corrected chi connectivity index (χ2v) is 7.02. The second kappa shape index (κ2) is 9.91. The number of hydrogen-bond donors (Lipinski definition) is 1. The Kier molecular flexibility index (Phi) is 7.05. The number of benzene rings is 2. The molecule has 2 N–H and O–H groups in total. The Balaban J connectivity index is 1.50. The van der Waals surface area contributed by atoms with E-state index in [1.165, 1.54) is 12.1 Å². The van der Waals surface area contributed by atoms with Crippen molar-refractivity contribution < 1.29 is 9.18 Å². The Hall–Kier alpha value is -3.09. The number of nitrogens with zero attached hydrogens (tertiary/aromatic N) is 4. The van der Waals surface area contributed by atoms with Crippen LogP contribution in [0.1, 0.15) is 12.5 Å². The van der Waals surface area contributed by atoms with E-state index in [2.05, 4.69) is 9.89 Å². The number of carbonyl (C=O) groups is 1. The Bertz CT molecular complexity index is 817. The summed E-state index contributed by atoms with van der Waals surface area (Å²) in [4.78, 5) is 22.8. The van der Waals surface area contributed by atoms with Gasteiger partial charge in [-0.1, -0.05) is 30.3 Å². The van der Waals surface area contributed by atoms with E-state index in [0.29, 0.717) is 32.1 Å². The molecule has 154 valence electrons. The van der Waals surface area contributed by atoms with Crippen LogP contribution in [0, 0.1) is 5.82 Å². The molecular weight excluding hydrogens is 369 g/mol. The van der Waals surface area contributed by atoms with Crippen LogP contribution in [0.3, 0.4) is 0 Å². The lowest BCUT2D eigenvalue weighted by molar-refractivity contribution is -0.130. The van der Waals surface area contributed by atoms with Crippen LogP contribution in [-0.4, -0.2) is 60.9 Å². The smallest absolute Gasteiger partial charge is 0.244 e. The number of amides is 1. The molecule has 1 aliphatic rings. The molecule has 2 aromatic rings. The highest BCUT2D eigenvalue weighted by Gasteiger charge is 2.19. The van der Waals surface area contributed by atoms with Crippen LogP contribution < -0.4 is 10.6 Å². The molecule has 0 unspecified atom stereocenters. The first kappa shape index (κ1) is 20.6. The Labute approximate surface area is 171 Å². The fraction of sp³-hybridized carbons (Fsp3) is 0.364. The number of likely N-dealkylation sites (N-methyl/N-ethyl adjacent to an activating group) is 1. The summed E-state index contributed by atoms with van der Waals surface area (Å²) in [6.07, 6.45) is 0. The van der Waals surface area contributed by atoms with Gasteiger partial charge in [-0.3, -0.25) is 4.79 Å². The molecule has 1 amide bonds. The highest BCUT2D eigenvalue weighted by Crippen LogP contribution is 2.16. The van der Waals surface area contributed by atoms with Crippen molar-refractivity contribution in [1.29, 1.82) is 0 Å². The van der Waals surface area contributed by atoms with E-state index in [1.807, 2.05) is 42.2 Å². The zero-order valence-corrected chi connectivity index (χ0v) is 16.8. The maximum atomic E-state index is 13.1. The van der Waals surface area contributed by atoms with Gasteiger partial charge < -0.3 is 20.4 Å². The molecule has 0 spiro atoms. The van der Waals surface area contributed by atoms with Crippen LogP contribution in [0.25, 0.3) is 0 Å². The average molecular weight is 397 g/mol. The lowest BCUT2D eigenvalue weighted by Crippen LogP contribution is -2.51. The molecule has 0 radical (unpaired) electrons. The van der Waals surface area contributed by atoms with Crippen molar-refractivity contribution in [1.82, 2.24) is 9.80 Å². The molecule has 1 fully saturated rings. The van der Waals surface area contributed by atoms with E-state index in [4.69, 9.17) is 5.73 Å². The molecular formula is C22H28FN5O. The van der Waals surface area contributed by atoms with Gasteiger partial charge in [0, 0.05) is 45.0 Å². The van der Waals surface area contributed by atoms with Crippen molar-refractivity contribution in [3.63, 3.8) is 0 Å². The van der Waals surface area contributed by atoms with Crippen molar-refractivity contribution in [2.45, 2.75) is 13.5 Å². The summed E-state index contributed by atoms with van der Waals surface area (Å²) in [5, 5.41) is 0. The SMILES string of the molecule is CCN(Cc1ccccc1)C(=O)CN=C(N)N1CCN(c2ccc(F)cc2)CC1. The molecule has 29 heavy (non-hydrogen) atoms. The third-order valence-electron chi connectivity index (χ3n) is 5.12. The van der Waals surface area contributed by atoms with Crippen LogP contribution in [-0.2, 0) is 11.3 Å².